The molecule has 0 amide bonds. The molecule has 3 aromatic rings. The Morgan fingerprint density at radius 2 is 1.65 bits per heavy atom. The smallest absolute Gasteiger partial charge is 0.242 e. The topological polar surface area (TPSA) is 42.3 Å². The highest BCUT2D eigenvalue weighted by Gasteiger charge is 2.25. The lowest BCUT2D eigenvalue weighted by Gasteiger charge is -2.26. The Balaban J connectivity index is 2.35. The second kappa shape index (κ2) is 6.21. The number of hydrogen-bond donors (Lipinski definition) is 0. The number of rotatable bonds is 3. The Hall–Kier alpha value is -2.18. The van der Waals surface area contributed by atoms with E-state index < -0.39 is 15.8 Å². The van der Waals surface area contributed by atoms with Gasteiger partial charge in [0, 0.05) is 36.1 Å². The van der Waals surface area contributed by atoms with Gasteiger partial charge in [-0.3, -0.25) is 0 Å². The third kappa shape index (κ3) is 3.04. The van der Waals surface area contributed by atoms with E-state index in [-0.39, 0.29) is 16.0 Å². The Kier molecular flexibility index (Phi) is 4.45. The van der Waals surface area contributed by atoms with Gasteiger partial charge < -0.3 is 4.57 Å². The molecule has 0 bridgehead atoms. The fourth-order valence-corrected chi connectivity index (χ4v) is 4.08. The van der Waals surface area contributed by atoms with Gasteiger partial charge in [-0.25, -0.2) is 17.1 Å². The summed E-state index contributed by atoms with van der Waals surface area (Å²) in [4.78, 5) is 0.0737. The number of fused-ring (bicyclic) bond motifs is 1. The molecular weight excluding hydrogens is 351 g/mol. The first-order valence-corrected chi connectivity index (χ1v) is 9.81. The normalized spacial score (nSPS) is 12.9. The number of para-hydroxylation sites is 1. The Morgan fingerprint density at radius 1 is 1.00 bits per heavy atom. The van der Waals surface area contributed by atoms with Crippen molar-refractivity contribution in [3.05, 3.63) is 54.3 Å². The predicted octanol–water partition coefficient (Wildman–Crippen LogP) is 4.45. The third-order valence-corrected chi connectivity index (χ3v) is 6.19. The van der Waals surface area contributed by atoms with Crippen LogP contribution in [0.25, 0.3) is 22.2 Å². The van der Waals surface area contributed by atoms with E-state index in [0.717, 1.165) is 15.2 Å². The second-order valence-corrected chi connectivity index (χ2v) is 9.68. The van der Waals surface area contributed by atoms with Gasteiger partial charge in [0.1, 0.15) is 5.82 Å². The average molecular weight is 374 g/mol. The SMILES string of the molecule is CN(C)S(=O)(=O)c1ccc(F)c(-c2cc3ccccc3n2C(C)(C)C)c1. The van der Waals surface area contributed by atoms with Crippen molar-refractivity contribution in [2.24, 2.45) is 0 Å². The quantitative estimate of drug-likeness (QED) is 0.680. The maximum Gasteiger partial charge on any atom is 0.242 e. The molecule has 0 radical (unpaired) electrons. The number of halogens is 1. The van der Waals surface area contributed by atoms with Gasteiger partial charge in [-0.1, -0.05) is 18.2 Å². The largest absolute Gasteiger partial charge is 0.335 e. The number of nitrogens with zero attached hydrogens (tertiary/aromatic N) is 2. The van der Waals surface area contributed by atoms with Crippen LogP contribution in [0.3, 0.4) is 0 Å². The van der Waals surface area contributed by atoms with Crippen molar-refractivity contribution in [1.29, 1.82) is 0 Å². The van der Waals surface area contributed by atoms with Crippen LogP contribution in [-0.2, 0) is 15.6 Å². The molecule has 0 fully saturated rings. The minimum absolute atomic E-state index is 0.0737. The molecular formula is C20H23FN2O2S. The van der Waals surface area contributed by atoms with Crippen LogP contribution in [0.1, 0.15) is 20.8 Å². The monoisotopic (exact) mass is 374 g/mol. The summed E-state index contributed by atoms with van der Waals surface area (Å²) in [5, 5.41) is 0.984. The lowest BCUT2D eigenvalue weighted by Crippen LogP contribution is -2.23. The van der Waals surface area contributed by atoms with Crippen LogP contribution in [0, 0.1) is 5.82 Å². The molecule has 0 saturated heterocycles. The molecule has 0 unspecified atom stereocenters. The lowest BCUT2D eigenvalue weighted by atomic mass is 10.1. The van der Waals surface area contributed by atoms with Crippen LogP contribution >= 0.6 is 0 Å². The van der Waals surface area contributed by atoms with Gasteiger partial charge in [0.15, 0.2) is 0 Å². The summed E-state index contributed by atoms with van der Waals surface area (Å²) in [5.74, 6) is -0.448. The number of aromatic nitrogens is 1. The summed E-state index contributed by atoms with van der Waals surface area (Å²) in [6.45, 7) is 6.13. The Bertz CT molecular complexity index is 1080. The standard InChI is InChI=1S/C20H23FN2O2S/c1-20(2,3)23-18-9-7-6-8-14(18)12-19(23)16-13-15(10-11-17(16)21)26(24,25)22(4)5/h6-13H,1-5H3. The van der Waals surface area contributed by atoms with Gasteiger partial charge in [0.25, 0.3) is 0 Å². The third-order valence-electron chi connectivity index (χ3n) is 4.37. The van der Waals surface area contributed by atoms with E-state index >= 15 is 0 Å². The molecule has 0 aliphatic carbocycles. The maximum absolute atomic E-state index is 14.7. The first kappa shape index (κ1) is 18.6. The molecule has 1 heterocycles. The van der Waals surface area contributed by atoms with Gasteiger partial charge in [0.05, 0.1) is 10.6 Å². The number of benzene rings is 2. The van der Waals surface area contributed by atoms with Gasteiger partial charge in [-0.2, -0.15) is 0 Å². The van der Waals surface area contributed by atoms with E-state index in [1.807, 2.05) is 55.7 Å². The molecule has 0 saturated carbocycles. The van der Waals surface area contributed by atoms with Crippen LogP contribution < -0.4 is 0 Å². The van der Waals surface area contributed by atoms with E-state index in [9.17, 15) is 12.8 Å². The fraction of sp³-hybridized carbons (Fsp3) is 0.300. The molecule has 6 heteroatoms. The first-order valence-electron chi connectivity index (χ1n) is 8.37. The average Bonchev–Trinajstić information content (AvgIpc) is 2.94. The molecule has 138 valence electrons. The van der Waals surface area contributed by atoms with Gasteiger partial charge in [0.2, 0.25) is 10.0 Å². The van der Waals surface area contributed by atoms with Crippen molar-refractivity contribution in [1.82, 2.24) is 8.87 Å². The highest BCUT2D eigenvalue weighted by molar-refractivity contribution is 7.89. The summed E-state index contributed by atoms with van der Waals surface area (Å²) in [6, 6.07) is 13.7. The Morgan fingerprint density at radius 3 is 2.27 bits per heavy atom. The molecule has 1 aromatic heterocycles. The second-order valence-electron chi connectivity index (χ2n) is 7.52. The molecule has 0 aliphatic rings. The summed E-state index contributed by atoms with van der Waals surface area (Å²) in [6.07, 6.45) is 0. The molecule has 0 aliphatic heterocycles. The molecule has 0 atom stereocenters. The molecule has 2 aromatic carbocycles. The van der Waals surface area contributed by atoms with Gasteiger partial charge in [-0.15, -0.1) is 0 Å². The molecule has 26 heavy (non-hydrogen) atoms. The molecule has 3 rings (SSSR count). The van der Waals surface area contributed by atoms with Crippen molar-refractivity contribution in [2.45, 2.75) is 31.2 Å². The molecule has 0 N–H and O–H groups in total. The summed E-state index contributed by atoms with van der Waals surface area (Å²) in [5.41, 5.74) is 1.61. The Labute approximate surface area is 153 Å². The zero-order chi connectivity index (χ0) is 19.3. The minimum Gasteiger partial charge on any atom is -0.335 e. The van der Waals surface area contributed by atoms with E-state index in [2.05, 4.69) is 0 Å². The number of sulfonamides is 1. The zero-order valence-electron chi connectivity index (χ0n) is 15.6. The molecule has 4 nitrogen and oxygen atoms in total. The first-order chi connectivity index (χ1) is 12.0. The fourth-order valence-electron chi connectivity index (χ4n) is 3.15. The minimum atomic E-state index is -3.65. The van der Waals surface area contributed by atoms with Crippen molar-refractivity contribution in [2.75, 3.05) is 14.1 Å². The maximum atomic E-state index is 14.7. The van der Waals surface area contributed by atoms with Crippen molar-refractivity contribution in [3.63, 3.8) is 0 Å². The van der Waals surface area contributed by atoms with Gasteiger partial charge in [-0.05, 0) is 51.1 Å². The summed E-state index contributed by atoms with van der Waals surface area (Å²) in [7, 11) is -0.720. The van der Waals surface area contributed by atoms with Crippen LogP contribution in [0.4, 0.5) is 4.39 Å². The van der Waals surface area contributed by atoms with E-state index in [0.29, 0.717) is 5.69 Å². The van der Waals surface area contributed by atoms with E-state index in [1.54, 1.807) is 0 Å². The number of hydrogen-bond acceptors (Lipinski definition) is 2. The van der Waals surface area contributed by atoms with Gasteiger partial charge >= 0.3 is 0 Å². The van der Waals surface area contributed by atoms with Crippen LogP contribution in [-0.4, -0.2) is 31.4 Å². The zero-order valence-corrected chi connectivity index (χ0v) is 16.4. The van der Waals surface area contributed by atoms with E-state index in [1.165, 1.54) is 32.3 Å². The van der Waals surface area contributed by atoms with Crippen LogP contribution in [0.15, 0.2) is 53.4 Å². The van der Waals surface area contributed by atoms with E-state index in [4.69, 9.17) is 0 Å². The van der Waals surface area contributed by atoms with Crippen molar-refractivity contribution >= 4 is 20.9 Å². The highest BCUT2D eigenvalue weighted by Crippen LogP contribution is 2.36. The van der Waals surface area contributed by atoms with Crippen LogP contribution in [0.2, 0.25) is 0 Å². The predicted molar refractivity (Wildman–Crippen MR) is 103 cm³/mol. The summed E-state index contributed by atoms with van der Waals surface area (Å²) >= 11 is 0. The molecule has 0 spiro atoms. The summed E-state index contributed by atoms with van der Waals surface area (Å²) < 4.78 is 42.9. The van der Waals surface area contributed by atoms with Crippen LogP contribution in [0.5, 0.6) is 0 Å². The van der Waals surface area contributed by atoms with Crippen molar-refractivity contribution in [3.8, 4) is 11.3 Å². The van der Waals surface area contributed by atoms with Crippen molar-refractivity contribution < 1.29 is 12.8 Å². The highest BCUT2D eigenvalue weighted by atomic mass is 32.2. The lowest BCUT2D eigenvalue weighted by molar-refractivity contribution is 0.414.